The molecule has 1 heterocycles. The van der Waals surface area contributed by atoms with E-state index in [1.54, 1.807) is 0 Å². The summed E-state index contributed by atoms with van der Waals surface area (Å²) in [4.78, 5) is 2.56. The predicted octanol–water partition coefficient (Wildman–Crippen LogP) is 5.68. The zero-order valence-corrected chi connectivity index (χ0v) is 16.5. The van der Waals surface area contributed by atoms with E-state index < -0.39 is 0 Å². The van der Waals surface area contributed by atoms with Gasteiger partial charge in [0.2, 0.25) is 0 Å². The molecule has 2 aromatic carbocycles. The molecule has 3 rings (SSSR count). The van der Waals surface area contributed by atoms with Gasteiger partial charge in [-0.2, -0.15) is 0 Å². The molecule has 0 aliphatic carbocycles. The van der Waals surface area contributed by atoms with E-state index in [4.69, 9.17) is 9.47 Å². The van der Waals surface area contributed by atoms with Crippen molar-refractivity contribution in [1.82, 2.24) is 4.90 Å². The van der Waals surface area contributed by atoms with Gasteiger partial charge < -0.3 is 14.4 Å². The molecule has 1 aliphatic heterocycles. The van der Waals surface area contributed by atoms with Gasteiger partial charge in [0, 0.05) is 6.54 Å². The Bertz CT molecular complexity index is 635. The molecule has 0 N–H and O–H groups in total. The van der Waals surface area contributed by atoms with E-state index in [9.17, 15) is 0 Å². The molecular formula is C24H32NO2. The number of hydrogen-bond acceptors (Lipinski definition) is 3. The van der Waals surface area contributed by atoms with Crippen molar-refractivity contribution >= 4 is 0 Å². The molecule has 145 valence electrons. The molecule has 1 radical (unpaired) electrons. The normalized spacial score (nSPS) is 16.0. The Balaban J connectivity index is 1.47. The fourth-order valence-corrected chi connectivity index (χ4v) is 3.57. The molecule has 0 bridgehead atoms. The topological polar surface area (TPSA) is 21.7 Å². The van der Waals surface area contributed by atoms with Crippen LogP contribution in [0.4, 0.5) is 0 Å². The molecule has 0 aromatic heterocycles. The first kappa shape index (κ1) is 19.8. The fourth-order valence-electron chi connectivity index (χ4n) is 3.57. The Morgan fingerprint density at radius 2 is 1.67 bits per heavy atom. The monoisotopic (exact) mass is 366 g/mol. The highest BCUT2D eigenvalue weighted by Gasteiger charge is 2.13. The van der Waals surface area contributed by atoms with Crippen LogP contribution in [0.1, 0.15) is 50.7 Å². The van der Waals surface area contributed by atoms with E-state index in [2.05, 4.69) is 42.5 Å². The summed E-state index contributed by atoms with van der Waals surface area (Å²) in [6.45, 7) is 6.51. The van der Waals surface area contributed by atoms with E-state index >= 15 is 0 Å². The minimum atomic E-state index is 0.0329. The van der Waals surface area contributed by atoms with Gasteiger partial charge in [0.05, 0.1) is 6.61 Å². The van der Waals surface area contributed by atoms with Crippen molar-refractivity contribution in [3.05, 3.63) is 66.6 Å². The van der Waals surface area contributed by atoms with Gasteiger partial charge in [0.1, 0.15) is 17.6 Å². The summed E-state index contributed by atoms with van der Waals surface area (Å²) in [5.41, 5.74) is 1.18. The van der Waals surface area contributed by atoms with Crippen LogP contribution < -0.4 is 9.47 Å². The zero-order valence-electron chi connectivity index (χ0n) is 16.5. The minimum absolute atomic E-state index is 0.0329. The van der Waals surface area contributed by atoms with Gasteiger partial charge in [-0.3, -0.25) is 0 Å². The molecule has 0 amide bonds. The van der Waals surface area contributed by atoms with E-state index in [1.807, 2.05) is 30.3 Å². The standard InChI is InChI=1S/C24H32NO2/c1-2-10-24(27-23-11-5-3-6-12-23)21-13-15-22(16-14-21)26-20-9-19-25-17-7-4-8-18-25/h2-3,5-6,11-16,24H,4,7-10,17-20H2,1H3. The molecule has 3 nitrogen and oxygen atoms in total. The van der Waals surface area contributed by atoms with Gasteiger partial charge in [0.25, 0.3) is 0 Å². The molecule has 1 aliphatic rings. The van der Waals surface area contributed by atoms with Gasteiger partial charge >= 0.3 is 0 Å². The van der Waals surface area contributed by atoms with Gasteiger partial charge in [-0.05, 0) is 75.0 Å². The quantitative estimate of drug-likeness (QED) is 0.505. The number of likely N-dealkylation sites (tertiary alicyclic amines) is 1. The molecule has 1 saturated heterocycles. The molecule has 1 unspecified atom stereocenters. The average molecular weight is 367 g/mol. The molecular weight excluding hydrogens is 334 g/mol. The van der Waals surface area contributed by atoms with Gasteiger partial charge in [-0.1, -0.05) is 43.7 Å². The predicted molar refractivity (Wildman–Crippen MR) is 111 cm³/mol. The highest BCUT2D eigenvalue weighted by molar-refractivity contribution is 5.30. The van der Waals surface area contributed by atoms with Crippen molar-refractivity contribution in [3.8, 4) is 11.5 Å². The lowest BCUT2D eigenvalue weighted by Gasteiger charge is -2.26. The van der Waals surface area contributed by atoms with Crippen LogP contribution in [0.2, 0.25) is 0 Å². The van der Waals surface area contributed by atoms with Crippen LogP contribution in [0, 0.1) is 6.42 Å². The maximum atomic E-state index is 6.17. The van der Waals surface area contributed by atoms with E-state index in [0.29, 0.717) is 0 Å². The number of rotatable bonds is 10. The Labute approximate surface area is 164 Å². The zero-order chi connectivity index (χ0) is 18.7. The van der Waals surface area contributed by atoms with Crippen LogP contribution >= 0.6 is 0 Å². The summed E-state index contributed by atoms with van der Waals surface area (Å²) in [6, 6.07) is 18.4. The summed E-state index contributed by atoms with van der Waals surface area (Å²) in [7, 11) is 0. The van der Waals surface area contributed by atoms with Gasteiger partial charge in [-0.25, -0.2) is 0 Å². The lowest BCUT2D eigenvalue weighted by atomic mass is 10.0. The van der Waals surface area contributed by atoms with Crippen LogP contribution in [0.15, 0.2) is 54.6 Å². The van der Waals surface area contributed by atoms with Crippen LogP contribution in [0.5, 0.6) is 11.5 Å². The number of ether oxygens (including phenoxy) is 2. The van der Waals surface area contributed by atoms with Crippen molar-refractivity contribution in [2.75, 3.05) is 26.2 Å². The second-order valence-electron chi connectivity index (χ2n) is 7.24. The van der Waals surface area contributed by atoms with Crippen molar-refractivity contribution in [3.63, 3.8) is 0 Å². The van der Waals surface area contributed by atoms with Crippen LogP contribution in [0.25, 0.3) is 0 Å². The maximum Gasteiger partial charge on any atom is 0.124 e. The minimum Gasteiger partial charge on any atom is -0.494 e. The van der Waals surface area contributed by atoms with Gasteiger partial charge in [-0.15, -0.1) is 0 Å². The second kappa shape index (κ2) is 11.0. The maximum absolute atomic E-state index is 6.17. The van der Waals surface area contributed by atoms with Crippen LogP contribution in [-0.4, -0.2) is 31.1 Å². The first-order valence-electron chi connectivity index (χ1n) is 10.3. The van der Waals surface area contributed by atoms with Crippen molar-refractivity contribution in [2.24, 2.45) is 0 Å². The highest BCUT2D eigenvalue weighted by atomic mass is 16.5. The summed E-state index contributed by atoms with van der Waals surface area (Å²) >= 11 is 0. The first-order chi connectivity index (χ1) is 13.3. The molecule has 3 heteroatoms. The highest BCUT2D eigenvalue weighted by Crippen LogP contribution is 2.27. The molecule has 0 saturated carbocycles. The SMILES string of the molecule is C[CH]CC(Oc1ccccc1)c1ccc(OCCCN2CCCCC2)cc1. The lowest BCUT2D eigenvalue weighted by molar-refractivity contribution is 0.203. The van der Waals surface area contributed by atoms with Crippen molar-refractivity contribution in [2.45, 2.75) is 45.1 Å². The number of para-hydroxylation sites is 1. The number of piperidine rings is 1. The van der Waals surface area contributed by atoms with Crippen molar-refractivity contribution in [1.29, 1.82) is 0 Å². The van der Waals surface area contributed by atoms with E-state index in [1.165, 1.54) is 37.9 Å². The number of benzene rings is 2. The third-order valence-electron chi connectivity index (χ3n) is 5.06. The Morgan fingerprint density at radius 3 is 2.37 bits per heavy atom. The summed E-state index contributed by atoms with van der Waals surface area (Å²) in [5, 5.41) is 0. The number of nitrogens with zero attached hydrogens (tertiary/aromatic N) is 1. The van der Waals surface area contributed by atoms with Crippen LogP contribution in [0.3, 0.4) is 0 Å². The lowest BCUT2D eigenvalue weighted by Crippen LogP contribution is -2.31. The van der Waals surface area contributed by atoms with E-state index in [-0.39, 0.29) is 6.10 Å². The summed E-state index contributed by atoms with van der Waals surface area (Å²) in [5.74, 6) is 1.85. The molecule has 27 heavy (non-hydrogen) atoms. The van der Waals surface area contributed by atoms with Gasteiger partial charge in [0.15, 0.2) is 0 Å². The third-order valence-corrected chi connectivity index (χ3v) is 5.06. The molecule has 0 spiro atoms. The molecule has 1 atom stereocenters. The average Bonchev–Trinajstić information content (AvgIpc) is 2.73. The Hall–Kier alpha value is -2.00. The first-order valence-corrected chi connectivity index (χ1v) is 10.3. The fraction of sp³-hybridized carbons (Fsp3) is 0.458. The smallest absolute Gasteiger partial charge is 0.124 e. The third kappa shape index (κ3) is 6.59. The summed E-state index contributed by atoms with van der Waals surface area (Å²) in [6.07, 6.45) is 8.25. The largest absolute Gasteiger partial charge is 0.494 e. The number of hydrogen-bond donors (Lipinski definition) is 0. The molecule has 2 aromatic rings. The van der Waals surface area contributed by atoms with E-state index in [0.717, 1.165) is 37.5 Å². The van der Waals surface area contributed by atoms with Crippen LogP contribution in [-0.2, 0) is 0 Å². The Kier molecular flexibility index (Phi) is 8.03. The second-order valence-corrected chi connectivity index (χ2v) is 7.24. The van der Waals surface area contributed by atoms with Crippen molar-refractivity contribution < 1.29 is 9.47 Å². The molecule has 1 fully saturated rings. The summed E-state index contributed by atoms with van der Waals surface area (Å²) < 4.78 is 12.1. The Morgan fingerprint density at radius 1 is 0.926 bits per heavy atom.